The molecule has 20 heavy (non-hydrogen) atoms. The van der Waals surface area contributed by atoms with Gasteiger partial charge in [0.25, 0.3) is 0 Å². The highest BCUT2D eigenvalue weighted by molar-refractivity contribution is 9.10. The minimum absolute atomic E-state index is 0.0237. The summed E-state index contributed by atoms with van der Waals surface area (Å²) in [5.41, 5.74) is 0.827. The molecule has 6 heteroatoms. The summed E-state index contributed by atoms with van der Waals surface area (Å²) in [4.78, 5) is 2.24. The van der Waals surface area contributed by atoms with E-state index in [1.807, 2.05) is 19.1 Å². The fraction of sp³-hybridized carbons (Fsp3) is 0.571. The van der Waals surface area contributed by atoms with Crippen LogP contribution in [-0.4, -0.2) is 49.1 Å². The third kappa shape index (κ3) is 2.65. The number of halogens is 1. The molecule has 0 unspecified atom stereocenters. The van der Waals surface area contributed by atoms with Crippen LogP contribution in [-0.2, 0) is 4.74 Å². The van der Waals surface area contributed by atoms with Gasteiger partial charge in [-0.05, 0) is 19.1 Å². The molecule has 110 valence electrons. The zero-order valence-electron chi connectivity index (χ0n) is 11.3. The van der Waals surface area contributed by atoms with Crippen LogP contribution in [0.1, 0.15) is 18.6 Å². The van der Waals surface area contributed by atoms with Gasteiger partial charge in [-0.15, -0.1) is 0 Å². The lowest BCUT2D eigenvalue weighted by Gasteiger charge is -2.35. The zero-order valence-corrected chi connectivity index (χ0v) is 12.9. The predicted octanol–water partition coefficient (Wildman–Crippen LogP) is 1.93. The largest absolute Gasteiger partial charge is 0.454 e. The highest BCUT2D eigenvalue weighted by Crippen LogP contribution is 2.40. The Hall–Kier alpha value is -0.820. The van der Waals surface area contributed by atoms with Gasteiger partial charge in [-0.25, -0.2) is 0 Å². The molecule has 1 aromatic rings. The van der Waals surface area contributed by atoms with Crippen LogP contribution in [0.3, 0.4) is 0 Å². The standard InChI is InChI=1S/C14H18BrNO4/c1-9(16-2-4-18-5-3-16)14(17)10-6-12-13(7-11(10)15)20-8-19-12/h6-7,9,14,17H,2-5,8H2,1H3/t9-,14-/m1/s1. The second-order valence-corrected chi connectivity index (χ2v) is 5.92. The number of hydrogen-bond acceptors (Lipinski definition) is 5. The monoisotopic (exact) mass is 343 g/mol. The minimum Gasteiger partial charge on any atom is -0.454 e. The van der Waals surface area contributed by atoms with Crippen molar-refractivity contribution < 1.29 is 19.3 Å². The Morgan fingerprint density at radius 2 is 1.85 bits per heavy atom. The van der Waals surface area contributed by atoms with Crippen molar-refractivity contribution in [3.63, 3.8) is 0 Å². The Bertz CT molecular complexity index is 490. The van der Waals surface area contributed by atoms with Crippen molar-refractivity contribution in [2.24, 2.45) is 0 Å². The van der Waals surface area contributed by atoms with Crippen LogP contribution in [0.25, 0.3) is 0 Å². The van der Waals surface area contributed by atoms with E-state index in [0.717, 1.165) is 36.3 Å². The summed E-state index contributed by atoms with van der Waals surface area (Å²) in [5, 5.41) is 10.6. The number of fused-ring (bicyclic) bond motifs is 1. The van der Waals surface area contributed by atoms with E-state index < -0.39 is 6.10 Å². The highest BCUT2D eigenvalue weighted by atomic mass is 79.9. The van der Waals surface area contributed by atoms with Crippen LogP contribution in [0, 0.1) is 0 Å². The lowest BCUT2D eigenvalue weighted by Crippen LogP contribution is -2.44. The number of rotatable bonds is 3. The third-order valence-corrected chi connectivity index (χ3v) is 4.58. The van der Waals surface area contributed by atoms with Crippen LogP contribution in [0.4, 0.5) is 0 Å². The zero-order chi connectivity index (χ0) is 14.1. The lowest BCUT2D eigenvalue weighted by atomic mass is 10.0. The lowest BCUT2D eigenvalue weighted by molar-refractivity contribution is -0.0168. The van der Waals surface area contributed by atoms with E-state index in [2.05, 4.69) is 20.8 Å². The topological polar surface area (TPSA) is 51.2 Å². The number of aliphatic hydroxyl groups excluding tert-OH is 1. The normalized spacial score (nSPS) is 21.8. The molecule has 0 amide bonds. The maximum atomic E-state index is 10.6. The molecule has 3 rings (SSSR count). The Balaban J connectivity index is 1.80. The fourth-order valence-electron chi connectivity index (χ4n) is 2.60. The minimum atomic E-state index is -0.586. The quantitative estimate of drug-likeness (QED) is 0.908. The second kappa shape index (κ2) is 5.89. The van der Waals surface area contributed by atoms with E-state index in [1.54, 1.807) is 0 Å². The molecule has 2 aliphatic heterocycles. The molecule has 0 saturated carbocycles. The number of benzene rings is 1. The smallest absolute Gasteiger partial charge is 0.231 e. The van der Waals surface area contributed by atoms with Gasteiger partial charge in [0, 0.05) is 29.2 Å². The summed E-state index contributed by atoms with van der Waals surface area (Å²) >= 11 is 3.50. The SMILES string of the molecule is C[C@H]([C@@H](O)c1cc2c(cc1Br)OCO2)N1CCOCC1. The van der Waals surface area contributed by atoms with E-state index in [-0.39, 0.29) is 12.8 Å². The van der Waals surface area contributed by atoms with Gasteiger partial charge < -0.3 is 19.3 Å². The van der Waals surface area contributed by atoms with E-state index in [1.165, 1.54) is 0 Å². The highest BCUT2D eigenvalue weighted by Gasteiger charge is 2.28. The van der Waals surface area contributed by atoms with Gasteiger partial charge in [0.15, 0.2) is 11.5 Å². The number of hydrogen-bond donors (Lipinski definition) is 1. The first kappa shape index (κ1) is 14.1. The number of morpholine rings is 1. The second-order valence-electron chi connectivity index (χ2n) is 5.06. The number of nitrogens with zero attached hydrogens (tertiary/aromatic N) is 1. The predicted molar refractivity (Wildman–Crippen MR) is 77.1 cm³/mol. The summed E-state index contributed by atoms with van der Waals surface area (Å²) in [6.07, 6.45) is -0.586. The molecule has 0 aliphatic carbocycles. The van der Waals surface area contributed by atoms with Crippen molar-refractivity contribution >= 4 is 15.9 Å². The molecule has 2 heterocycles. The van der Waals surface area contributed by atoms with Gasteiger partial charge in [0.1, 0.15) is 0 Å². The van der Waals surface area contributed by atoms with Crippen molar-refractivity contribution in [2.75, 3.05) is 33.1 Å². The van der Waals surface area contributed by atoms with Crippen LogP contribution in [0.15, 0.2) is 16.6 Å². The van der Waals surface area contributed by atoms with Gasteiger partial charge in [0.05, 0.1) is 19.3 Å². The molecule has 0 bridgehead atoms. The summed E-state index contributed by atoms with van der Waals surface area (Å²) < 4.78 is 16.9. The molecule has 1 aromatic carbocycles. The molecule has 0 spiro atoms. The molecule has 2 aliphatic rings. The summed E-state index contributed by atoms with van der Waals surface area (Å²) in [6.45, 7) is 5.41. The van der Waals surface area contributed by atoms with Crippen LogP contribution in [0.5, 0.6) is 11.5 Å². The first-order valence-electron chi connectivity index (χ1n) is 6.75. The van der Waals surface area contributed by atoms with E-state index >= 15 is 0 Å². The van der Waals surface area contributed by atoms with Crippen molar-refractivity contribution in [3.05, 3.63) is 22.2 Å². The number of ether oxygens (including phenoxy) is 3. The molecular formula is C14H18BrNO4. The Morgan fingerprint density at radius 1 is 1.20 bits per heavy atom. The molecule has 0 aromatic heterocycles. The summed E-state index contributed by atoms with van der Waals surface area (Å²) in [5.74, 6) is 1.41. The molecule has 1 fully saturated rings. The fourth-order valence-corrected chi connectivity index (χ4v) is 3.16. The van der Waals surface area contributed by atoms with Crippen molar-refractivity contribution in [3.8, 4) is 11.5 Å². The third-order valence-electron chi connectivity index (χ3n) is 3.89. The van der Waals surface area contributed by atoms with Crippen molar-refractivity contribution in [1.82, 2.24) is 4.90 Å². The van der Waals surface area contributed by atoms with Gasteiger partial charge in [-0.2, -0.15) is 0 Å². The van der Waals surface area contributed by atoms with E-state index in [4.69, 9.17) is 14.2 Å². The maximum Gasteiger partial charge on any atom is 0.231 e. The number of aliphatic hydroxyl groups is 1. The van der Waals surface area contributed by atoms with Gasteiger partial charge >= 0.3 is 0 Å². The Kier molecular flexibility index (Phi) is 4.16. The first-order valence-corrected chi connectivity index (χ1v) is 7.55. The average molecular weight is 344 g/mol. The van der Waals surface area contributed by atoms with Gasteiger partial charge in [0.2, 0.25) is 6.79 Å². The summed E-state index contributed by atoms with van der Waals surface area (Å²) in [7, 11) is 0. The molecule has 1 N–H and O–H groups in total. The molecule has 2 atom stereocenters. The van der Waals surface area contributed by atoms with Crippen molar-refractivity contribution in [1.29, 1.82) is 0 Å². The molecule has 0 radical (unpaired) electrons. The average Bonchev–Trinajstić information content (AvgIpc) is 2.93. The van der Waals surface area contributed by atoms with Crippen LogP contribution < -0.4 is 9.47 Å². The van der Waals surface area contributed by atoms with Crippen LogP contribution >= 0.6 is 15.9 Å². The Labute approximate surface area is 126 Å². The van der Waals surface area contributed by atoms with E-state index in [0.29, 0.717) is 11.5 Å². The molecule has 1 saturated heterocycles. The first-order chi connectivity index (χ1) is 9.66. The van der Waals surface area contributed by atoms with Gasteiger partial charge in [-0.1, -0.05) is 15.9 Å². The maximum absolute atomic E-state index is 10.6. The summed E-state index contributed by atoms with van der Waals surface area (Å²) in [6, 6.07) is 3.73. The molecule has 5 nitrogen and oxygen atoms in total. The van der Waals surface area contributed by atoms with E-state index in [9.17, 15) is 5.11 Å². The Morgan fingerprint density at radius 3 is 2.55 bits per heavy atom. The van der Waals surface area contributed by atoms with Gasteiger partial charge in [-0.3, -0.25) is 4.90 Å². The van der Waals surface area contributed by atoms with Crippen molar-refractivity contribution in [2.45, 2.75) is 19.1 Å². The van der Waals surface area contributed by atoms with Crippen LogP contribution in [0.2, 0.25) is 0 Å². The molecular weight excluding hydrogens is 326 g/mol.